The molecule has 0 saturated heterocycles. The molecule has 23 heavy (non-hydrogen) atoms. The molecule has 3 rings (SSSR count). The SMILES string of the molecule is C[C@@H](NC(=O)CSc1nnc2ccccn12)c1ccc(Cl)cc1. The van der Waals surface area contributed by atoms with Crippen LogP contribution in [0.1, 0.15) is 18.5 Å². The molecule has 5 nitrogen and oxygen atoms in total. The van der Waals surface area contributed by atoms with Gasteiger partial charge in [-0.1, -0.05) is 41.6 Å². The number of hydrogen-bond donors (Lipinski definition) is 1. The summed E-state index contributed by atoms with van der Waals surface area (Å²) in [6.07, 6.45) is 1.88. The zero-order valence-corrected chi connectivity index (χ0v) is 14.0. The molecule has 0 unspecified atom stereocenters. The second-order valence-corrected chi connectivity index (χ2v) is 6.42. The van der Waals surface area contributed by atoms with Gasteiger partial charge in [0.15, 0.2) is 10.8 Å². The van der Waals surface area contributed by atoms with Gasteiger partial charge in [0.1, 0.15) is 0 Å². The highest BCUT2D eigenvalue weighted by molar-refractivity contribution is 7.99. The molecule has 118 valence electrons. The number of fused-ring (bicyclic) bond motifs is 1. The second-order valence-electron chi connectivity index (χ2n) is 5.04. The van der Waals surface area contributed by atoms with Gasteiger partial charge in [-0.2, -0.15) is 0 Å². The average Bonchev–Trinajstić information content (AvgIpc) is 2.97. The Kier molecular flexibility index (Phi) is 4.83. The number of hydrogen-bond acceptors (Lipinski definition) is 4. The number of carbonyl (C=O) groups excluding carboxylic acids is 1. The quantitative estimate of drug-likeness (QED) is 0.720. The number of thioether (sulfide) groups is 1. The van der Waals surface area contributed by atoms with Gasteiger partial charge in [0.05, 0.1) is 11.8 Å². The summed E-state index contributed by atoms with van der Waals surface area (Å²) in [7, 11) is 0. The summed E-state index contributed by atoms with van der Waals surface area (Å²) in [5.74, 6) is 0.235. The van der Waals surface area contributed by atoms with Crippen LogP contribution in [0.2, 0.25) is 5.02 Å². The van der Waals surface area contributed by atoms with Crippen molar-refractivity contribution in [3.63, 3.8) is 0 Å². The van der Waals surface area contributed by atoms with Crippen molar-refractivity contribution in [1.29, 1.82) is 0 Å². The van der Waals surface area contributed by atoms with Gasteiger partial charge in [0.2, 0.25) is 5.91 Å². The van der Waals surface area contributed by atoms with E-state index in [-0.39, 0.29) is 17.7 Å². The molecule has 0 spiro atoms. The van der Waals surface area contributed by atoms with Crippen molar-refractivity contribution in [2.24, 2.45) is 0 Å². The first-order chi connectivity index (χ1) is 11.1. The van der Waals surface area contributed by atoms with Crippen LogP contribution in [-0.4, -0.2) is 26.3 Å². The fraction of sp³-hybridized carbons (Fsp3) is 0.188. The Labute approximate surface area is 143 Å². The molecule has 3 aromatic rings. The van der Waals surface area contributed by atoms with E-state index in [2.05, 4.69) is 15.5 Å². The summed E-state index contributed by atoms with van der Waals surface area (Å²) in [5.41, 5.74) is 1.78. The van der Waals surface area contributed by atoms with Crippen molar-refractivity contribution in [2.45, 2.75) is 18.1 Å². The zero-order chi connectivity index (χ0) is 16.2. The van der Waals surface area contributed by atoms with Crippen LogP contribution in [-0.2, 0) is 4.79 Å². The smallest absolute Gasteiger partial charge is 0.230 e. The lowest BCUT2D eigenvalue weighted by Gasteiger charge is -2.14. The first-order valence-electron chi connectivity index (χ1n) is 7.11. The molecule has 0 bridgehead atoms. The molecular formula is C16H15ClN4OS. The van der Waals surface area contributed by atoms with Crippen molar-refractivity contribution < 1.29 is 4.79 Å². The first kappa shape index (κ1) is 15.8. The third-order valence-corrected chi connectivity index (χ3v) is 4.56. The van der Waals surface area contributed by atoms with Gasteiger partial charge in [0, 0.05) is 11.2 Å². The average molecular weight is 347 g/mol. The number of aromatic nitrogens is 3. The molecule has 0 aliphatic rings. The normalized spacial score (nSPS) is 12.3. The molecule has 0 aliphatic carbocycles. The van der Waals surface area contributed by atoms with Crippen molar-refractivity contribution >= 4 is 34.9 Å². The summed E-state index contributed by atoms with van der Waals surface area (Å²) in [4.78, 5) is 12.1. The number of rotatable bonds is 5. The highest BCUT2D eigenvalue weighted by Crippen LogP contribution is 2.18. The predicted molar refractivity (Wildman–Crippen MR) is 91.7 cm³/mol. The number of amides is 1. The number of benzene rings is 1. The standard InChI is InChI=1S/C16H15ClN4OS/c1-11(12-5-7-13(17)8-6-12)18-15(22)10-23-16-20-19-14-4-2-3-9-21(14)16/h2-9,11H,10H2,1H3,(H,18,22)/t11-/m1/s1. The molecule has 2 aromatic heterocycles. The van der Waals surface area contributed by atoms with Crippen LogP contribution < -0.4 is 5.32 Å². The lowest BCUT2D eigenvalue weighted by Crippen LogP contribution is -2.28. The van der Waals surface area contributed by atoms with E-state index >= 15 is 0 Å². The van der Waals surface area contributed by atoms with Gasteiger partial charge >= 0.3 is 0 Å². The largest absolute Gasteiger partial charge is 0.349 e. The molecule has 1 atom stereocenters. The molecule has 0 saturated carbocycles. The van der Waals surface area contributed by atoms with Crippen LogP contribution in [0.5, 0.6) is 0 Å². The molecule has 1 amide bonds. The number of carbonyl (C=O) groups is 1. The van der Waals surface area contributed by atoms with E-state index < -0.39 is 0 Å². The lowest BCUT2D eigenvalue weighted by molar-refractivity contribution is -0.119. The maximum atomic E-state index is 12.1. The van der Waals surface area contributed by atoms with Crippen molar-refractivity contribution in [3.8, 4) is 0 Å². The number of nitrogens with zero attached hydrogens (tertiary/aromatic N) is 3. The minimum atomic E-state index is -0.0736. The minimum absolute atomic E-state index is 0.0508. The van der Waals surface area contributed by atoms with Crippen molar-refractivity contribution in [1.82, 2.24) is 19.9 Å². The predicted octanol–water partition coefficient (Wildman–Crippen LogP) is 3.35. The number of nitrogens with one attached hydrogen (secondary N) is 1. The number of pyridine rings is 1. The Bertz CT molecular complexity index is 818. The summed E-state index contributed by atoms with van der Waals surface area (Å²) in [6, 6.07) is 13.1. The van der Waals surface area contributed by atoms with E-state index in [0.717, 1.165) is 11.2 Å². The van der Waals surface area contributed by atoms with E-state index in [1.807, 2.05) is 60.0 Å². The maximum absolute atomic E-state index is 12.1. The topological polar surface area (TPSA) is 59.3 Å². The maximum Gasteiger partial charge on any atom is 0.230 e. The van der Waals surface area contributed by atoms with Gasteiger partial charge in [-0.3, -0.25) is 9.20 Å². The summed E-state index contributed by atoms with van der Waals surface area (Å²) in [5, 5.41) is 12.5. The Hall–Kier alpha value is -2.05. The summed E-state index contributed by atoms with van der Waals surface area (Å²) < 4.78 is 1.86. The van der Waals surface area contributed by atoms with Gasteiger partial charge in [-0.25, -0.2) is 0 Å². The summed E-state index contributed by atoms with van der Waals surface area (Å²) in [6.45, 7) is 1.94. The van der Waals surface area contributed by atoms with E-state index in [1.165, 1.54) is 11.8 Å². The minimum Gasteiger partial charge on any atom is -0.349 e. The van der Waals surface area contributed by atoms with Crippen LogP contribution in [0.15, 0.2) is 53.8 Å². The molecule has 0 fully saturated rings. The molecule has 1 N–H and O–H groups in total. The molecular weight excluding hydrogens is 332 g/mol. The second kappa shape index (κ2) is 7.02. The van der Waals surface area contributed by atoms with Crippen molar-refractivity contribution in [2.75, 3.05) is 5.75 Å². The monoisotopic (exact) mass is 346 g/mol. The first-order valence-corrected chi connectivity index (χ1v) is 8.47. The van der Waals surface area contributed by atoms with Crippen LogP contribution in [0.25, 0.3) is 5.65 Å². The molecule has 0 aliphatic heterocycles. The van der Waals surface area contributed by atoms with E-state index in [0.29, 0.717) is 10.2 Å². The fourth-order valence-electron chi connectivity index (χ4n) is 2.17. The van der Waals surface area contributed by atoms with E-state index in [9.17, 15) is 4.79 Å². The molecule has 2 heterocycles. The van der Waals surface area contributed by atoms with E-state index in [1.54, 1.807) is 0 Å². The third kappa shape index (κ3) is 3.83. The Morgan fingerprint density at radius 3 is 2.83 bits per heavy atom. The number of halogens is 1. The van der Waals surface area contributed by atoms with Gasteiger partial charge in [-0.05, 0) is 36.8 Å². The lowest BCUT2D eigenvalue weighted by atomic mass is 10.1. The Morgan fingerprint density at radius 2 is 2.04 bits per heavy atom. The Balaban J connectivity index is 1.58. The molecule has 0 radical (unpaired) electrons. The third-order valence-electron chi connectivity index (χ3n) is 3.36. The highest BCUT2D eigenvalue weighted by atomic mass is 35.5. The molecule has 7 heteroatoms. The van der Waals surface area contributed by atoms with Crippen LogP contribution >= 0.6 is 23.4 Å². The van der Waals surface area contributed by atoms with Crippen molar-refractivity contribution in [3.05, 3.63) is 59.2 Å². The summed E-state index contributed by atoms with van der Waals surface area (Å²) >= 11 is 7.23. The van der Waals surface area contributed by atoms with Gasteiger partial charge in [0.25, 0.3) is 0 Å². The van der Waals surface area contributed by atoms with Crippen LogP contribution in [0, 0.1) is 0 Å². The highest BCUT2D eigenvalue weighted by Gasteiger charge is 2.12. The van der Waals surface area contributed by atoms with Crippen LogP contribution in [0.3, 0.4) is 0 Å². The van der Waals surface area contributed by atoms with Gasteiger partial charge < -0.3 is 5.32 Å². The Morgan fingerprint density at radius 1 is 1.26 bits per heavy atom. The fourth-order valence-corrected chi connectivity index (χ4v) is 3.03. The molecule has 1 aromatic carbocycles. The van der Waals surface area contributed by atoms with Gasteiger partial charge in [-0.15, -0.1) is 10.2 Å². The van der Waals surface area contributed by atoms with Crippen LogP contribution in [0.4, 0.5) is 0 Å². The van der Waals surface area contributed by atoms with E-state index in [4.69, 9.17) is 11.6 Å². The zero-order valence-electron chi connectivity index (χ0n) is 12.4.